The molecule has 3 rings (SSSR count). The third-order valence-corrected chi connectivity index (χ3v) is 4.76. The van der Waals surface area contributed by atoms with E-state index in [9.17, 15) is 14.0 Å². The van der Waals surface area contributed by atoms with Crippen LogP contribution in [0, 0.1) is 5.82 Å². The van der Waals surface area contributed by atoms with Crippen molar-refractivity contribution in [2.75, 3.05) is 20.1 Å². The van der Waals surface area contributed by atoms with Crippen LogP contribution in [0.2, 0.25) is 0 Å². The molecule has 0 bridgehead atoms. The molecular weight excluding hydrogens is 383 g/mol. The molecule has 2 N–H and O–H groups in total. The molecule has 0 radical (unpaired) electrons. The second-order valence-electron chi connectivity index (χ2n) is 7.15. The Kier molecular flexibility index (Phi) is 7.32. The lowest BCUT2D eigenvalue weighted by atomic mass is 10.1. The van der Waals surface area contributed by atoms with Crippen molar-refractivity contribution >= 4 is 11.8 Å². The largest absolute Gasteiger partial charge is 0.347 e. The Morgan fingerprint density at radius 2 is 1.90 bits per heavy atom. The van der Waals surface area contributed by atoms with Gasteiger partial charge in [-0.1, -0.05) is 42.5 Å². The third kappa shape index (κ3) is 6.27. The number of halogens is 1. The van der Waals surface area contributed by atoms with Crippen LogP contribution >= 0.6 is 0 Å². The van der Waals surface area contributed by atoms with Crippen molar-refractivity contribution in [2.24, 2.45) is 0 Å². The van der Waals surface area contributed by atoms with Crippen molar-refractivity contribution < 1.29 is 14.0 Å². The highest BCUT2D eigenvalue weighted by Crippen LogP contribution is 2.19. The zero-order chi connectivity index (χ0) is 21.3. The zero-order valence-corrected chi connectivity index (χ0v) is 16.9. The molecule has 0 aliphatic heterocycles. The number of nitrogens with one attached hydrogen (secondary N) is 2. The van der Waals surface area contributed by atoms with Gasteiger partial charge in [-0.3, -0.25) is 14.7 Å². The van der Waals surface area contributed by atoms with Crippen molar-refractivity contribution in [1.82, 2.24) is 20.4 Å². The number of aryl methyl sites for hydroxylation is 1. The topological polar surface area (TPSA) is 78.1 Å². The predicted octanol–water partition coefficient (Wildman–Crippen LogP) is 2.97. The van der Waals surface area contributed by atoms with Gasteiger partial charge in [0.2, 0.25) is 11.8 Å². The number of nitrogens with zero attached hydrogens (tertiary/aromatic N) is 2. The van der Waals surface area contributed by atoms with E-state index >= 15 is 0 Å². The molecule has 7 heteroatoms. The molecule has 30 heavy (non-hydrogen) atoms. The standard InChI is InChI=1S/C23H25FN4O2/c1-28(23(30)16-25-22(29)13-17-7-3-2-4-8-17)12-6-11-20-15-21(27-26-20)18-9-5-10-19(24)14-18/h2-5,7-10,14-15H,6,11-13,16H2,1H3,(H,25,29)(H,26,27). The van der Waals surface area contributed by atoms with E-state index in [1.165, 1.54) is 12.1 Å². The monoisotopic (exact) mass is 408 g/mol. The lowest BCUT2D eigenvalue weighted by Gasteiger charge is -2.17. The first-order chi connectivity index (χ1) is 14.5. The first-order valence-electron chi connectivity index (χ1n) is 9.86. The Morgan fingerprint density at radius 3 is 2.67 bits per heavy atom. The number of hydrogen-bond acceptors (Lipinski definition) is 3. The molecule has 2 amide bonds. The number of carbonyl (C=O) groups is 2. The van der Waals surface area contributed by atoms with Crippen LogP contribution in [0.1, 0.15) is 17.7 Å². The number of hydrogen-bond donors (Lipinski definition) is 2. The van der Waals surface area contributed by atoms with Gasteiger partial charge < -0.3 is 10.2 Å². The van der Waals surface area contributed by atoms with Crippen LogP contribution in [0.5, 0.6) is 0 Å². The van der Waals surface area contributed by atoms with Gasteiger partial charge in [0.05, 0.1) is 18.7 Å². The molecule has 0 unspecified atom stereocenters. The summed E-state index contributed by atoms with van der Waals surface area (Å²) in [5.41, 5.74) is 3.24. The van der Waals surface area contributed by atoms with E-state index in [2.05, 4.69) is 15.5 Å². The van der Waals surface area contributed by atoms with Crippen LogP contribution in [-0.4, -0.2) is 47.0 Å². The van der Waals surface area contributed by atoms with Crippen molar-refractivity contribution in [3.63, 3.8) is 0 Å². The van der Waals surface area contributed by atoms with E-state index in [0.29, 0.717) is 18.7 Å². The molecule has 6 nitrogen and oxygen atoms in total. The highest BCUT2D eigenvalue weighted by molar-refractivity contribution is 5.85. The Hall–Kier alpha value is -3.48. The fourth-order valence-corrected chi connectivity index (χ4v) is 3.07. The molecule has 0 fully saturated rings. The summed E-state index contributed by atoms with van der Waals surface area (Å²) < 4.78 is 13.3. The fourth-order valence-electron chi connectivity index (χ4n) is 3.07. The van der Waals surface area contributed by atoms with E-state index in [4.69, 9.17) is 0 Å². The first kappa shape index (κ1) is 21.2. The van der Waals surface area contributed by atoms with Crippen LogP contribution in [0.15, 0.2) is 60.7 Å². The average Bonchev–Trinajstić information content (AvgIpc) is 3.21. The summed E-state index contributed by atoms with van der Waals surface area (Å²) in [6.07, 6.45) is 1.70. The molecule has 0 spiro atoms. The van der Waals surface area contributed by atoms with Gasteiger partial charge in [-0.15, -0.1) is 0 Å². The molecule has 1 aromatic heterocycles. The highest BCUT2D eigenvalue weighted by atomic mass is 19.1. The van der Waals surface area contributed by atoms with Crippen molar-refractivity contribution in [2.45, 2.75) is 19.3 Å². The minimum absolute atomic E-state index is 0.0179. The molecule has 1 heterocycles. The summed E-state index contributed by atoms with van der Waals surface area (Å²) in [4.78, 5) is 25.8. The van der Waals surface area contributed by atoms with E-state index in [-0.39, 0.29) is 30.6 Å². The highest BCUT2D eigenvalue weighted by Gasteiger charge is 2.11. The Bertz CT molecular complexity index is 988. The first-order valence-corrected chi connectivity index (χ1v) is 9.86. The van der Waals surface area contributed by atoms with Crippen LogP contribution in [0.3, 0.4) is 0 Å². The molecule has 0 aliphatic carbocycles. The smallest absolute Gasteiger partial charge is 0.241 e. The van der Waals surface area contributed by atoms with Gasteiger partial charge >= 0.3 is 0 Å². The minimum Gasteiger partial charge on any atom is -0.347 e. The van der Waals surface area contributed by atoms with Crippen LogP contribution < -0.4 is 5.32 Å². The number of carbonyl (C=O) groups excluding carboxylic acids is 2. The van der Waals surface area contributed by atoms with Gasteiger partial charge in [0.25, 0.3) is 0 Å². The van der Waals surface area contributed by atoms with E-state index in [0.717, 1.165) is 23.2 Å². The molecule has 0 saturated carbocycles. The van der Waals surface area contributed by atoms with E-state index < -0.39 is 0 Å². The lowest BCUT2D eigenvalue weighted by molar-refractivity contribution is -0.131. The Balaban J connectivity index is 1.38. The molecule has 156 valence electrons. The second kappa shape index (κ2) is 10.3. The number of likely N-dealkylation sites (N-methyl/N-ethyl adjacent to an activating group) is 1. The zero-order valence-electron chi connectivity index (χ0n) is 16.9. The number of benzene rings is 2. The number of rotatable bonds is 9. The summed E-state index contributed by atoms with van der Waals surface area (Å²) in [7, 11) is 1.72. The van der Waals surface area contributed by atoms with Crippen molar-refractivity contribution in [3.8, 4) is 11.3 Å². The van der Waals surface area contributed by atoms with Crippen LogP contribution in [0.25, 0.3) is 11.3 Å². The number of amides is 2. The maximum atomic E-state index is 13.3. The van der Waals surface area contributed by atoms with Gasteiger partial charge in [-0.2, -0.15) is 5.10 Å². The van der Waals surface area contributed by atoms with Crippen molar-refractivity contribution in [1.29, 1.82) is 0 Å². The number of aromatic nitrogens is 2. The van der Waals surface area contributed by atoms with Crippen LogP contribution in [-0.2, 0) is 22.4 Å². The van der Waals surface area contributed by atoms with Crippen molar-refractivity contribution in [3.05, 3.63) is 77.7 Å². The fraction of sp³-hybridized carbons (Fsp3) is 0.261. The van der Waals surface area contributed by atoms with Gasteiger partial charge in [0, 0.05) is 24.8 Å². The summed E-state index contributed by atoms with van der Waals surface area (Å²) in [5.74, 6) is -0.611. The lowest BCUT2D eigenvalue weighted by Crippen LogP contribution is -2.39. The van der Waals surface area contributed by atoms with Gasteiger partial charge in [-0.25, -0.2) is 4.39 Å². The number of H-pyrrole nitrogens is 1. The maximum Gasteiger partial charge on any atom is 0.241 e. The summed E-state index contributed by atoms with van der Waals surface area (Å²) >= 11 is 0. The SMILES string of the molecule is CN(CCCc1cc(-c2cccc(F)c2)n[nH]1)C(=O)CNC(=O)Cc1ccccc1. The Labute approximate surface area is 175 Å². The Morgan fingerprint density at radius 1 is 1.10 bits per heavy atom. The van der Waals surface area contributed by atoms with E-state index in [1.807, 2.05) is 42.5 Å². The quantitative estimate of drug-likeness (QED) is 0.571. The van der Waals surface area contributed by atoms with Crippen LogP contribution in [0.4, 0.5) is 4.39 Å². The van der Waals surface area contributed by atoms with Gasteiger partial charge in [-0.05, 0) is 36.6 Å². The molecule has 0 saturated heterocycles. The van der Waals surface area contributed by atoms with Gasteiger partial charge in [0.1, 0.15) is 5.82 Å². The third-order valence-electron chi connectivity index (χ3n) is 4.76. The molecule has 3 aromatic rings. The normalized spacial score (nSPS) is 10.6. The molecule has 2 aromatic carbocycles. The molecular formula is C23H25FN4O2. The summed E-state index contributed by atoms with van der Waals surface area (Å²) in [6.45, 7) is 0.539. The molecule has 0 atom stereocenters. The maximum absolute atomic E-state index is 13.3. The summed E-state index contributed by atoms with van der Waals surface area (Å²) in [5, 5.41) is 9.85. The summed E-state index contributed by atoms with van der Waals surface area (Å²) in [6, 6.07) is 17.6. The van der Waals surface area contributed by atoms with Gasteiger partial charge in [0.15, 0.2) is 0 Å². The molecule has 0 aliphatic rings. The second-order valence-corrected chi connectivity index (χ2v) is 7.15. The minimum atomic E-state index is -0.298. The number of aromatic amines is 1. The predicted molar refractivity (Wildman–Crippen MR) is 113 cm³/mol. The average molecular weight is 408 g/mol. The van der Waals surface area contributed by atoms with E-state index in [1.54, 1.807) is 18.0 Å².